The second-order valence-corrected chi connectivity index (χ2v) is 9.46. The van der Waals surface area contributed by atoms with Crippen LogP contribution in [-0.4, -0.2) is 46.9 Å². The smallest absolute Gasteiger partial charge is 0.335 e. The van der Waals surface area contributed by atoms with Crippen LogP contribution in [0.1, 0.15) is 60.4 Å². The second-order valence-electron chi connectivity index (χ2n) is 9.46. The van der Waals surface area contributed by atoms with Gasteiger partial charge in [-0.05, 0) is 80.8 Å². The van der Waals surface area contributed by atoms with Gasteiger partial charge >= 0.3 is 5.97 Å². The second kappa shape index (κ2) is 10.8. The number of rotatable bonds is 6. The highest BCUT2D eigenvalue weighted by atomic mass is 16.4. The van der Waals surface area contributed by atoms with Crippen molar-refractivity contribution < 1.29 is 19.5 Å². The average molecular weight is 464 g/mol. The Balaban J connectivity index is 1.58. The molecule has 7 heteroatoms. The fraction of sp³-hybridized carbons (Fsp3) is 0.444. The molecule has 1 aliphatic heterocycles. The van der Waals surface area contributed by atoms with Gasteiger partial charge in [0.1, 0.15) is 6.04 Å². The van der Waals surface area contributed by atoms with Crippen LogP contribution in [0.4, 0.5) is 5.69 Å². The molecule has 0 aromatic heterocycles. The number of anilines is 1. The summed E-state index contributed by atoms with van der Waals surface area (Å²) in [4.78, 5) is 40.2. The van der Waals surface area contributed by atoms with E-state index in [0.29, 0.717) is 24.7 Å². The number of nitrogens with two attached hydrogens (primary N) is 1. The van der Waals surface area contributed by atoms with Crippen molar-refractivity contribution in [2.45, 2.75) is 50.5 Å². The number of hydrogen-bond acceptors (Lipinski definition) is 4. The largest absolute Gasteiger partial charge is 0.478 e. The number of hydrogen-bond donors (Lipinski definition) is 3. The number of carboxylic acid groups (broad SMARTS) is 1. The van der Waals surface area contributed by atoms with E-state index in [1.807, 2.05) is 30.3 Å². The zero-order chi connectivity index (χ0) is 24.1. The van der Waals surface area contributed by atoms with E-state index < -0.39 is 12.0 Å². The first kappa shape index (κ1) is 24.0. The van der Waals surface area contributed by atoms with Crippen LogP contribution in [-0.2, 0) is 9.59 Å². The third-order valence-corrected chi connectivity index (χ3v) is 7.34. The fourth-order valence-corrected chi connectivity index (χ4v) is 5.41. The molecule has 4 rings (SSSR count). The molecule has 1 saturated heterocycles. The number of carbonyl (C=O) groups is 3. The molecule has 1 heterocycles. The van der Waals surface area contributed by atoms with Crippen molar-refractivity contribution in [3.8, 4) is 0 Å². The summed E-state index contributed by atoms with van der Waals surface area (Å²) in [7, 11) is 0. The summed E-state index contributed by atoms with van der Waals surface area (Å²) in [6, 6.07) is 15.4. The molecule has 0 bridgehead atoms. The lowest BCUT2D eigenvalue weighted by molar-refractivity contribution is -0.145. The highest BCUT2D eigenvalue weighted by Crippen LogP contribution is 2.37. The van der Waals surface area contributed by atoms with Gasteiger partial charge in [0.15, 0.2) is 0 Å². The number of nitrogens with zero attached hydrogens (tertiary/aromatic N) is 1. The number of aromatic carboxylic acids is 1. The van der Waals surface area contributed by atoms with E-state index in [1.165, 1.54) is 12.1 Å². The highest BCUT2D eigenvalue weighted by molar-refractivity contribution is 5.99. The summed E-state index contributed by atoms with van der Waals surface area (Å²) in [5.74, 6) is -0.871. The van der Waals surface area contributed by atoms with Crippen LogP contribution in [0.5, 0.6) is 0 Å². The molecule has 1 aliphatic carbocycles. The Bertz CT molecular complexity index is 1000. The van der Waals surface area contributed by atoms with Crippen LogP contribution in [0.2, 0.25) is 0 Å². The van der Waals surface area contributed by atoms with Crippen LogP contribution >= 0.6 is 0 Å². The SMILES string of the molecule is NCC1CCC(C(=O)N2CCCC(c3ccccc3)C2C(=O)Nc2ccc(C(=O)O)cc2)CC1. The van der Waals surface area contributed by atoms with Crippen LogP contribution in [0, 0.1) is 11.8 Å². The van der Waals surface area contributed by atoms with Crippen molar-refractivity contribution in [2.24, 2.45) is 17.6 Å². The molecular formula is C27H33N3O4. The zero-order valence-corrected chi connectivity index (χ0v) is 19.4. The lowest BCUT2D eigenvalue weighted by Crippen LogP contribution is -2.55. The van der Waals surface area contributed by atoms with E-state index in [2.05, 4.69) is 5.32 Å². The molecule has 180 valence electrons. The van der Waals surface area contributed by atoms with Crippen LogP contribution in [0.25, 0.3) is 0 Å². The summed E-state index contributed by atoms with van der Waals surface area (Å²) in [6.45, 7) is 1.22. The number of carboxylic acids is 1. The number of nitrogens with one attached hydrogen (secondary N) is 1. The van der Waals surface area contributed by atoms with E-state index in [9.17, 15) is 14.4 Å². The molecular weight excluding hydrogens is 430 g/mol. The standard InChI is InChI=1S/C27H33N3O4/c28-17-18-8-10-20(11-9-18)26(32)30-16-4-7-23(19-5-2-1-3-6-19)24(30)25(31)29-22-14-12-21(13-15-22)27(33)34/h1-3,5-6,12-15,18,20,23-24H,4,7-11,16-17,28H2,(H,29,31)(H,33,34). The van der Waals surface area contributed by atoms with Gasteiger partial charge in [0.05, 0.1) is 5.56 Å². The van der Waals surface area contributed by atoms with Gasteiger partial charge in [-0.2, -0.15) is 0 Å². The molecule has 2 fully saturated rings. The summed E-state index contributed by atoms with van der Waals surface area (Å²) >= 11 is 0. The molecule has 4 N–H and O–H groups in total. The van der Waals surface area contributed by atoms with Gasteiger partial charge in [-0.1, -0.05) is 30.3 Å². The van der Waals surface area contributed by atoms with Gasteiger partial charge in [0.25, 0.3) is 0 Å². The minimum Gasteiger partial charge on any atom is -0.478 e. The maximum atomic E-state index is 13.7. The Hall–Kier alpha value is -3.19. The number of amides is 2. The maximum Gasteiger partial charge on any atom is 0.335 e. The molecule has 34 heavy (non-hydrogen) atoms. The first-order chi connectivity index (χ1) is 16.5. The maximum absolute atomic E-state index is 13.7. The van der Waals surface area contributed by atoms with Crippen molar-refractivity contribution in [2.75, 3.05) is 18.4 Å². The molecule has 7 nitrogen and oxygen atoms in total. The van der Waals surface area contributed by atoms with E-state index in [4.69, 9.17) is 10.8 Å². The first-order valence-corrected chi connectivity index (χ1v) is 12.2. The number of likely N-dealkylation sites (tertiary alicyclic amines) is 1. The summed E-state index contributed by atoms with van der Waals surface area (Å²) in [5, 5.41) is 12.1. The topological polar surface area (TPSA) is 113 Å². The predicted octanol–water partition coefficient (Wildman–Crippen LogP) is 3.86. The molecule has 1 saturated carbocycles. The molecule has 2 amide bonds. The average Bonchev–Trinajstić information content (AvgIpc) is 2.88. The van der Waals surface area contributed by atoms with Gasteiger partial charge in [-0.15, -0.1) is 0 Å². The third-order valence-electron chi connectivity index (χ3n) is 7.34. The Morgan fingerprint density at radius 1 is 0.941 bits per heavy atom. The predicted molar refractivity (Wildman–Crippen MR) is 130 cm³/mol. The van der Waals surface area contributed by atoms with Gasteiger partial charge < -0.3 is 21.1 Å². The lowest BCUT2D eigenvalue weighted by atomic mass is 9.79. The van der Waals surface area contributed by atoms with Crippen molar-refractivity contribution in [1.29, 1.82) is 0 Å². The summed E-state index contributed by atoms with van der Waals surface area (Å²) < 4.78 is 0. The van der Waals surface area contributed by atoms with Crippen molar-refractivity contribution in [1.82, 2.24) is 4.90 Å². The van der Waals surface area contributed by atoms with Gasteiger partial charge in [0, 0.05) is 24.1 Å². The van der Waals surface area contributed by atoms with Crippen molar-refractivity contribution in [3.05, 3.63) is 65.7 Å². The number of piperidine rings is 1. The normalized spacial score (nSPS) is 24.9. The van der Waals surface area contributed by atoms with Crippen LogP contribution in [0.15, 0.2) is 54.6 Å². The van der Waals surface area contributed by atoms with Gasteiger partial charge in [-0.25, -0.2) is 4.79 Å². The van der Waals surface area contributed by atoms with E-state index >= 15 is 0 Å². The Morgan fingerprint density at radius 2 is 1.62 bits per heavy atom. The minimum atomic E-state index is -1.02. The fourth-order valence-electron chi connectivity index (χ4n) is 5.41. The van der Waals surface area contributed by atoms with Crippen molar-refractivity contribution >= 4 is 23.5 Å². The molecule has 2 aromatic rings. The lowest BCUT2D eigenvalue weighted by Gasteiger charge is -2.42. The zero-order valence-electron chi connectivity index (χ0n) is 19.4. The highest BCUT2D eigenvalue weighted by Gasteiger charge is 2.42. The number of carbonyl (C=O) groups excluding carboxylic acids is 2. The van der Waals surface area contributed by atoms with Crippen LogP contribution < -0.4 is 11.1 Å². The molecule has 0 spiro atoms. The number of benzene rings is 2. The molecule has 2 unspecified atom stereocenters. The molecule has 2 aromatic carbocycles. The Morgan fingerprint density at radius 3 is 2.24 bits per heavy atom. The quantitative estimate of drug-likeness (QED) is 0.602. The van der Waals surface area contributed by atoms with E-state index in [-0.39, 0.29) is 29.2 Å². The monoisotopic (exact) mass is 463 g/mol. The van der Waals surface area contributed by atoms with Gasteiger partial charge in [0.2, 0.25) is 11.8 Å². The molecule has 2 aliphatic rings. The van der Waals surface area contributed by atoms with E-state index in [1.54, 1.807) is 17.0 Å². The van der Waals surface area contributed by atoms with E-state index in [0.717, 1.165) is 44.1 Å². The Kier molecular flexibility index (Phi) is 7.63. The summed E-state index contributed by atoms with van der Waals surface area (Å²) in [5.41, 5.74) is 7.55. The van der Waals surface area contributed by atoms with Gasteiger partial charge in [-0.3, -0.25) is 9.59 Å². The van der Waals surface area contributed by atoms with Crippen LogP contribution in [0.3, 0.4) is 0 Å². The third kappa shape index (κ3) is 5.30. The summed E-state index contributed by atoms with van der Waals surface area (Å²) in [6.07, 6.45) is 5.21. The molecule has 0 radical (unpaired) electrons. The minimum absolute atomic E-state index is 0.0671. The first-order valence-electron chi connectivity index (χ1n) is 12.2. The Labute approximate surface area is 200 Å². The van der Waals surface area contributed by atoms with Crippen molar-refractivity contribution in [3.63, 3.8) is 0 Å². The molecule has 2 atom stereocenters.